The Kier molecular flexibility index (Phi) is 7.54. The summed E-state index contributed by atoms with van der Waals surface area (Å²) in [4.78, 5) is 22.8. The van der Waals surface area contributed by atoms with Crippen LogP contribution < -0.4 is 10.6 Å². The van der Waals surface area contributed by atoms with Crippen LogP contribution in [-0.4, -0.2) is 36.6 Å². The first-order chi connectivity index (χ1) is 7.86. The molecule has 5 nitrogen and oxygen atoms in total. The molecule has 2 atom stereocenters. The third kappa shape index (κ3) is 7.74. The van der Waals surface area contributed by atoms with Crippen LogP contribution in [0.4, 0.5) is 0 Å². The average molecular weight is 244 g/mol. The Balaban J connectivity index is 3.98. The van der Waals surface area contributed by atoms with Crippen molar-refractivity contribution in [1.29, 1.82) is 0 Å². The Morgan fingerprint density at radius 1 is 1.18 bits per heavy atom. The van der Waals surface area contributed by atoms with E-state index in [1.807, 2.05) is 20.8 Å². The lowest BCUT2D eigenvalue weighted by molar-refractivity contribution is -0.143. The van der Waals surface area contributed by atoms with Crippen LogP contribution in [0.3, 0.4) is 0 Å². The number of hydrogen-bond acceptors (Lipinski definition) is 4. The molecule has 0 aliphatic carbocycles. The zero-order valence-corrected chi connectivity index (χ0v) is 11.4. The van der Waals surface area contributed by atoms with Gasteiger partial charge in [0.2, 0.25) is 5.91 Å². The van der Waals surface area contributed by atoms with Crippen molar-refractivity contribution in [2.45, 2.75) is 59.2 Å². The predicted octanol–water partition coefficient (Wildman–Crippen LogP) is 0.831. The number of ether oxygens (including phenoxy) is 1. The molecular formula is C12H24N2O3. The maximum absolute atomic E-state index is 11.6. The highest BCUT2D eigenvalue weighted by Crippen LogP contribution is 1.97. The third-order valence-corrected chi connectivity index (χ3v) is 2.14. The molecule has 0 saturated heterocycles. The summed E-state index contributed by atoms with van der Waals surface area (Å²) in [5, 5.41) is 5.87. The zero-order chi connectivity index (χ0) is 13.4. The van der Waals surface area contributed by atoms with Gasteiger partial charge in [-0.1, -0.05) is 0 Å². The van der Waals surface area contributed by atoms with Crippen LogP contribution in [0, 0.1) is 0 Å². The predicted molar refractivity (Wildman–Crippen MR) is 66.6 cm³/mol. The molecule has 0 aromatic rings. The highest BCUT2D eigenvalue weighted by molar-refractivity contribution is 5.81. The van der Waals surface area contributed by atoms with Gasteiger partial charge in [-0.05, 0) is 34.6 Å². The number of carbonyl (C=O) groups is 2. The minimum absolute atomic E-state index is 0.0595. The summed E-state index contributed by atoms with van der Waals surface area (Å²) < 4.78 is 4.84. The SMILES string of the molecule is CCOC(=O)CC(C)NC(C)C(=O)NC(C)C. The van der Waals surface area contributed by atoms with Gasteiger partial charge in [-0.25, -0.2) is 0 Å². The van der Waals surface area contributed by atoms with Crippen LogP contribution in [-0.2, 0) is 14.3 Å². The standard InChI is InChI=1S/C12H24N2O3/c1-6-17-11(15)7-9(4)14-10(5)12(16)13-8(2)3/h8-10,14H,6-7H2,1-5H3,(H,13,16). The van der Waals surface area contributed by atoms with Crippen LogP contribution in [0.5, 0.6) is 0 Å². The molecule has 0 fully saturated rings. The summed E-state index contributed by atoms with van der Waals surface area (Å²) in [5.74, 6) is -0.306. The highest BCUT2D eigenvalue weighted by Gasteiger charge is 2.17. The summed E-state index contributed by atoms with van der Waals surface area (Å²) in [5.41, 5.74) is 0. The fourth-order valence-corrected chi connectivity index (χ4v) is 1.44. The van der Waals surface area contributed by atoms with Crippen LogP contribution in [0.2, 0.25) is 0 Å². The fraction of sp³-hybridized carbons (Fsp3) is 0.833. The summed E-state index contributed by atoms with van der Waals surface area (Å²) in [7, 11) is 0. The van der Waals surface area contributed by atoms with Gasteiger partial charge in [0.15, 0.2) is 0 Å². The average Bonchev–Trinajstić information content (AvgIpc) is 2.16. The summed E-state index contributed by atoms with van der Waals surface area (Å²) >= 11 is 0. The highest BCUT2D eigenvalue weighted by atomic mass is 16.5. The summed E-state index contributed by atoms with van der Waals surface area (Å²) in [6.45, 7) is 9.61. The van der Waals surface area contributed by atoms with E-state index in [1.165, 1.54) is 0 Å². The molecule has 0 aromatic carbocycles. The minimum Gasteiger partial charge on any atom is -0.466 e. The van der Waals surface area contributed by atoms with Gasteiger partial charge >= 0.3 is 5.97 Å². The quantitative estimate of drug-likeness (QED) is 0.651. The molecule has 100 valence electrons. The smallest absolute Gasteiger partial charge is 0.307 e. The Morgan fingerprint density at radius 3 is 2.24 bits per heavy atom. The van der Waals surface area contributed by atoms with Gasteiger partial charge in [0.05, 0.1) is 19.1 Å². The maximum Gasteiger partial charge on any atom is 0.307 e. The Morgan fingerprint density at radius 2 is 1.76 bits per heavy atom. The van der Waals surface area contributed by atoms with Crippen molar-refractivity contribution in [3.63, 3.8) is 0 Å². The third-order valence-electron chi connectivity index (χ3n) is 2.14. The van der Waals surface area contributed by atoms with Crippen molar-refractivity contribution in [3.8, 4) is 0 Å². The van der Waals surface area contributed by atoms with E-state index in [4.69, 9.17) is 4.74 Å². The lowest BCUT2D eigenvalue weighted by atomic mass is 10.2. The Hall–Kier alpha value is -1.10. The van der Waals surface area contributed by atoms with Crippen molar-refractivity contribution in [1.82, 2.24) is 10.6 Å². The fourth-order valence-electron chi connectivity index (χ4n) is 1.44. The lowest BCUT2D eigenvalue weighted by Crippen LogP contribution is -2.48. The minimum atomic E-state index is -0.318. The van der Waals surface area contributed by atoms with E-state index in [9.17, 15) is 9.59 Å². The molecule has 17 heavy (non-hydrogen) atoms. The molecule has 0 aromatic heterocycles. The lowest BCUT2D eigenvalue weighted by Gasteiger charge is -2.20. The molecular weight excluding hydrogens is 220 g/mol. The summed E-state index contributed by atoms with van der Waals surface area (Å²) in [6, 6.07) is -0.282. The van der Waals surface area contributed by atoms with E-state index in [0.717, 1.165) is 0 Å². The molecule has 2 unspecified atom stereocenters. The molecule has 1 amide bonds. The second kappa shape index (κ2) is 8.06. The van der Waals surface area contributed by atoms with Gasteiger partial charge in [0.25, 0.3) is 0 Å². The number of nitrogens with one attached hydrogen (secondary N) is 2. The first kappa shape index (κ1) is 15.9. The molecule has 0 radical (unpaired) electrons. The molecule has 0 rings (SSSR count). The van der Waals surface area contributed by atoms with Gasteiger partial charge in [-0.15, -0.1) is 0 Å². The van der Waals surface area contributed by atoms with Gasteiger partial charge < -0.3 is 15.4 Å². The van der Waals surface area contributed by atoms with Crippen LogP contribution >= 0.6 is 0 Å². The Labute approximate surface area is 103 Å². The first-order valence-corrected chi connectivity index (χ1v) is 6.08. The van der Waals surface area contributed by atoms with Crippen LogP contribution in [0.1, 0.15) is 41.0 Å². The van der Waals surface area contributed by atoms with Gasteiger partial charge in [-0.3, -0.25) is 9.59 Å². The van der Waals surface area contributed by atoms with E-state index in [1.54, 1.807) is 13.8 Å². The molecule has 5 heteroatoms. The molecule has 0 aliphatic rings. The molecule has 0 saturated carbocycles. The van der Waals surface area contributed by atoms with Crippen molar-refractivity contribution in [3.05, 3.63) is 0 Å². The van der Waals surface area contributed by atoms with E-state index in [2.05, 4.69) is 10.6 Å². The zero-order valence-electron chi connectivity index (χ0n) is 11.4. The van der Waals surface area contributed by atoms with Crippen LogP contribution in [0.15, 0.2) is 0 Å². The number of amides is 1. The van der Waals surface area contributed by atoms with Crippen molar-refractivity contribution in [2.24, 2.45) is 0 Å². The monoisotopic (exact) mass is 244 g/mol. The van der Waals surface area contributed by atoms with Crippen molar-refractivity contribution in [2.75, 3.05) is 6.61 Å². The first-order valence-electron chi connectivity index (χ1n) is 6.08. The van der Waals surface area contributed by atoms with E-state index in [0.29, 0.717) is 6.61 Å². The second-order valence-corrected chi connectivity index (χ2v) is 4.46. The number of rotatable bonds is 7. The van der Waals surface area contributed by atoms with Crippen LogP contribution in [0.25, 0.3) is 0 Å². The van der Waals surface area contributed by atoms with Crippen molar-refractivity contribution >= 4 is 11.9 Å². The molecule has 0 bridgehead atoms. The summed E-state index contributed by atoms with van der Waals surface area (Å²) in [6.07, 6.45) is 0.271. The van der Waals surface area contributed by atoms with Crippen molar-refractivity contribution < 1.29 is 14.3 Å². The maximum atomic E-state index is 11.6. The normalized spacial score (nSPS) is 14.2. The number of esters is 1. The molecule has 0 aliphatic heterocycles. The van der Waals surface area contributed by atoms with Gasteiger partial charge in [0, 0.05) is 12.1 Å². The van der Waals surface area contributed by atoms with Gasteiger partial charge in [-0.2, -0.15) is 0 Å². The van der Waals surface area contributed by atoms with Gasteiger partial charge in [0.1, 0.15) is 0 Å². The largest absolute Gasteiger partial charge is 0.466 e. The van der Waals surface area contributed by atoms with E-state index in [-0.39, 0.29) is 36.4 Å². The number of carbonyl (C=O) groups excluding carboxylic acids is 2. The Bertz CT molecular complexity index is 254. The topological polar surface area (TPSA) is 67.4 Å². The van der Waals surface area contributed by atoms with E-state index >= 15 is 0 Å². The van der Waals surface area contributed by atoms with E-state index < -0.39 is 0 Å². The molecule has 0 heterocycles. The number of hydrogen-bond donors (Lipinski definition) is 2. The molecule has 0 spiro atoms. The second-order valence-electron chi connectivity index (χ2n) is 4.46. The molecule has 2 N–H and O–H groups in total.